The third-order valence-electron chi connectivity index (χ3n) is 4.12. The summed E-state index contributed by atoms with van der Waals surface area (Å²) in [6, 6.07) is 1.80. The zero-order valence-corrected chi connectivity index (χ0v) is 13.9. The van der Waals surface area contributed by atoms with Crippen LogP contribution in [0.3, 0.4) is 0 Å². The summed E-state index contributed by atoms with van der Waals surface area (Å²) in [7, 11) is 2.15. The Kier molecular flexibility index (Phi) is 5.79. The lowest BCUT2D eigenvalue weighted by Gasteiger charge is -2.39. The maximum Gasteiger partial charge on any atom is 0.320 e. The third kappa shape index (κ3) is 4.71. The van der Waals surface area contributed by atoms with Crippen molar-refractivity contribution in [2.24, 2.45) is 5.92 Å². The molecule has 1 aliphatic heterocycles. The SMILES string of the molecule is Cc1cc(NC(=O)NCC(C(C)C)N2CCN(C)CC2)no1. The van der Waals surface area contributed by atoms with Gasteiger partial charge in [-0.15, -0.1) is 0 Å². The van der Waals surface area contributed by atoms with Crippen molar-refractivity contribution in [2.45, 2.75) is 26.8 Å². The molecule has 7 nitrogen and oxygen atoms in total. The van der Waals surface area contributed by atoms with Gasteiger partial charge in [0.2, 0.25) is 0 Å². The summed E-state index contributed by atoms with van der Waals surface area (Å²) in [6.45, 7) is 11.1. The second-order valence-electron chi connectivity index (χ2n) is 6.31. The van der Waals surface area contributed by atoms with Gasteiger partial charge in [-0.2, -0.15) is 0 Å². The first-order chi connectivity index (χ1) is 10.5. The number of aromatic nitrogens is 1. The summed E-state index contributed by atoms with van der Waals surface area (Å²) in [4.78, 5) is 16.8. The quantitative estimate of drug-likeness (QED) is 0.859. The van der Waals surface area contributed by atoms with Crippen molar-refractivity contribution in [3.63, 3.8) is 0 Å². The minimum absolute atomic E-state index is 0.243. The molecule has 0 saturated carbocycles. The van der Waals surface area contributed by atoms with E-state index in [9.17, 15) is 4.79 Å². The summed E-state index contributed by atoms with van der Waals surface area (Å²) >= 11 is 0. The van der Waals surface area contributed by atoms with Crippen LogP contribution in [-0.4, -0.2) is 66.8 Å². The van der Waals surface area contributed by atoms with E-state index in [4.69, 9.17) is 4.52 Å². The fourth-order valence-electron chi connectivity index (χ4n) is 2.72. The van der Waals surface area contributed by atoms with Crippen LogP contribution in [0.25, 0.3) is 0 Å². The first-order valence-corrected chi connectivity index (χ1v) is 7.86. The molecule has 7 heteroatoms. The fraction of sp³-hybridized carbons (Fsp3) is 0.733. The molecule has 2 N–H and O–H groups in total. The van der Waals surface area contributed by atoms with E-state index in [1.54, 1.807) is 13.0 Å². The van der Waals surface area contributed by atoms with Crippen LogP contribution in [0.5, 0.6) is 0 Å². The van der Waals surface area contributed by atoms with E-state index in [-0.39, 0.29) is 6.03 Å². The number of rotatable bonds is 5. The number of hydrogen-bond acceptors (Lipinski definition) is 5. The van der Waals surface area contributed by atoms with Crippen molar-refractivity contribution in [1.82, 2.24) is 20.3 Å². The Morgan fingerprint density at radius 3 is 2.59 bits per heavy atom. The number of urea groups is 1. The van der Waals surface area contributed by atoms with Gasteiger partial charge in [-0.1, -0.05) is 19.0 Å². The molecule has 0 radical (unpaired) electrons. The standard InChI is InChI=1S/C15H27N5O2/c1-11(2)13(20-7-5-19(4)6-8-20)10-16-15(21)17-14-9-12(3)22-18-14/h9,11,13H,5-8,10H2,1-4H3,(H2,16,17,18,21). The molecule has 0 bridgehead atoms. The molecule has 2 amide bonds. The molecule has 0 aromatic carbocycles. The highest BCUT2D eigenvalue weighted by Crippen LogP contribution is 2.13. The van der Waals surface area contributed by atoms with Gasteiger partial charge in [0.25, 0.3) is 0 Å². The fourth-order valence-corrected chi connectivity index (χ4v) is 2.72. The monoisotopic (exact) mass is 309 g/mol. The van der Waals surface area contributed by atoms with Crippen LogP contribution in [0.2, 0.25) is 0 Å². The zero-order chi connectivity index (χ0) is 16.1. The number of piperazine rings is 1. The smallest absolute Gasteiger partial charge is 0.320 e. The predicted molar refractivity (Wildman–Crippen MR) is 86.0 cm³/mol. The molecule has 2 rings (SSSR count). The van der Waals surface area contributed by atoms with Crippen molar-refractivity contribution >= 4 is 11.8 Å². The highest BCUT2D eigenvalue weighted by molar-refractivity contribution is 5.88. The second kappa shape index (κ2) is 7.60. The normalized spacial score (nSPS) is 18.4. The molecule has 124 valence electrons. The van der Waals surface area contributed by atoms with Crippen LogP contribution in [0, 0.1) is 12.8 Å². The Balaban J connectivity index is 1.82. The Bertz CT molecular complexity index is 480. The number of nitrogens with zero attached hydrogens (tertiary/aromatic N) is 3. The first-order valence-electron chi connectivity index (χ1n) is 7.86. The van der Waals surface area contributed by atoms with Gasteiger partial charge < -0.3 is 14.7 Å². The van der Waals surface area contributed by atoms with Crippen molar-refractivity contribution in [3.8, 4) is 0 Å². The molecule has 0 spiro atoms. The van der Waals surface area contributed by atoms with Gasteiger partial charge in [0.1, 0.15) is 5.76 Å². The highest BCUT2D eigenvalue weighted by atomic mass is 16.5. The molecule has 0 aliphatic carbocycles. The van der Waals surface area contributed by atoms with Crippen LogP contribution in [-0.2, 0) is 0 Å². The minimum atomic E-state index is -0.243. The van der Waals surface area contributed by atoms with Crippen molar-refractivity contribution in [3.05, 3.63) is 11.8 Å². The molecule has 1 aromatic heterocycles. The number of hydrogen-bond donors (Lipinski definition) is 2. The highest BCUT2D eigenvalue weighted by Gasteiger charge is 2.25. The maximum atomic E-state index is 12.0. The Morgan fingerprint density at radius 1 is 1.36 bits per heavy atom. The average Bonchev–Trinajstić information content (AvgIpc) is 2.86. The van der Waals surface area contributed by atoms with E-state index in [1.807, 2.05) is 0 Å². The summed E-state index contributed by atoms with van der Waals surface area (Å²) in [5, 5.41) is 9.38. The largest absolute Gasteiger partial charge is 0.360 e. The van der Waals surface area contributed by atoms with E-state index in [0.717, 1.165) is 26.2 Å². The van der Waals surface area contributed by atoms with Gasteiger partial charge in [-0.05, 0) is 19.9 Å². The van der Waals surface area contributed by atoms with Gasteiger partial charge in [-0.3, -0.25) is 10.2 Å². The number of carbonyl (C=O) groups is 1. The topological polar surface area (TPSA) is 73.6 Å². The molecule has 2 heterocycles. The van der Waals surface area contributed by atoms with Crippen LogP contribution in [0.1, 0.15) is 19.6 Å². The Labute approximate surface area is 132 Å². The Morgan fingerprint density at radius 2 is 2.05 bits per heavy atom. The van der Waals surface area contributed by atoms with Gasteiger partial charge in [0.05, 0.1) is 0 Å². The van der Waals surface area contributed by atoms with Gasteiger partial charge in [0, 0.05) is 44.8 Å². The molecule has 1 aromatic rings. The first kappa shape index (κ1) is 16.8. The summed E-state index contributed by atoms with van der Waals surface area (Å²) < 4.78 is 4.93. The minimum Gasteiger partial charge on any atom is -0.360 e. The molecular weight excluding hydrogens is 282 g/mol. The molecule has 22 heavy (non-hydrogen) atoms. The molecule has 1 fully saturated rings. The van der Waals surface area contributed by atoms with Crippen molar-refractivity contribution < 1.29 is 9.32 Å². The lowest BCUT2D eigenvalue weighted by Crippen LogP contribution is -2.54. The number of amides is 2. The van der Waals surface area contributed by atoms with Gasteiger partial charge in [0.15, 0.2) is 5.82 Å². The Hall–Kier alpha value is -1.60. The number of likely N-dealkylation sites (N-methyl/N-ethyl adjacent to an activating group) is 1. The van der Waals surface area contributed by atoms with E-state index < -0.39 is 0 Å². The van der Waals surface area contributed by atoms with E-state index in [0.29, 0.717) is 30.1 Å². The maximum absolute atomic E-state index is 12.0. The lowest BCUT2D eigenvalue weighted by molar-refractivity contribution is 0.0890. The van der Waals surface area contributed by atoms with Crippen LogP contribution >= 0.6 is 0 Å². The predicted octanol–water partition coefficient (Wildman–Crippen LogP) is 1.38. The van der Waals surface area contributed by atoms with Crippen molar-refractivity contribution in [1.29, 1.82) is 0 Å². The van der Waals surface area contributed by atoms with E-state index in [2.05, 4.69) is 46.5 Å². The molecular formula is C15H27N5O2. The third-order valence-corrected chi connectivity index (χ3v) is 4.12. The number of anilines is 1. The van der Waals surface area contributed by atoms with Crippen LogP contribution in [0.15, 0.2) is 10.6 Å². The summed E-state index contributed by atoms with van der Waals surface area (Å²) in [6.07, 6.45) is 0. The molecule has 1 aliphatic rings. The summed E-state index contributed by atoms with van der Waals surface area (Å²) in [5.41, 5.74) is 0. The molecule has 1 unspecified atom stereocenters. The lowest BCUT2D eigenvalue weighted by atomic mass is 10.0. The van der Waals surface area contributed by atoms with E-state index >= 15 is 0 Å². The zero-order valence-electron chi connectivity index (χ0n) is 13.9. The second-order valence-corrected chi connectivity index (χ2v) is 6.31. The van der Waals surface area contributed by atoms with Crippen LogP contribution < -0.4 is 10.6 Å². The molecule has 1 atom stereocenters. The summed E-state index contributed by atoms with van der Waals surface area (Å²) in [5.74, 6) is 1.60. The van der Waals surface area contributed by atoms with Gasteiger partial charge in [-0.25, -0.2) is 4.79 Å². The number of aryl methyl sites for hydroxylation is 1. The average molecular weight is 309 g/mol. The van der Waals surface area contributed by atoms with E-state index in [1.165, 1.54) is 0 Å². The van der Waals surface area contributed by atoms with Crippen molar-refractivity contribution in [2.75, 3.05) is 45.1 Å². The number of nitrogens with one attached hydrogen (secondary N) is 2. The number of carbonyl (C=O) groups excluding carboxylic acids is 1. The van der Waals surface area contributed by atoms with Gasteiger partial charge >= 0.3 is 6.03 Å². The molecule has 1 saturated heterocycles. The van der Waals surface area contributed by atoms with Crippen LogP contribution in [0.4, 0.5) is 10.6 Å².